The molecule has 0 radical (unpaired) electrons. The van der Waals surface area contributed by atoms with Gasteiger partial charge < -0.3 is 5.32 Å². The van der Waals surface area contributed by atoms with Crippen LogP contribution in [-0.2, 0) is 0 Å². The molecular weight excluding hydrogens is 268 g/mol. The van der Waals surface area contributed by atoms with Crippen LogP contribution in [0.5, 0.6) is 0 Å². The molecule has 1 heterocycles. The van der Waals surface area contributed by atoms with Gasteiger partial charge in [0.1, 0.15) is 0 Å². The van der Waals surface area contributed by atoms with Gasteiger partial charge in [0.05, 0.1) is 5.56 Å². The highest BCUT2D eigenvalue weighted by Crippen LogP contribution is 2.25. The molecule has 3 nitrogen and oxygen atoms in total. The zero-order valence-electron chi connectivity index (χ0n) is 9.24. The second-order valence-corrected chi connectivity index (χ2v) is 5.34. The number of carbonyl (C=O) groups excluding carboxylic acids is 1. The van der Waals surface area contributed by atoms with Crippen LogP contribution in [0.4, 0.5) is 0 Å². The highest BCUT2D eigenvalue weighted by molar-refractivity contribution is 9.09. The van der Waals surface area contributed by atoms with Crippen LogP contribution in [0, 0.1) is 6.92 Å². The Hall–Kier alpha value is -0.900. The van der Waals surface area contributed by atoms with E-state index in [2.05, 4.69) is 26.2 Å². The van der Waals surface area contributed by atoms with E-state index in [1.807, 2.05) is 13.0 Å². The van der Waals surface area contributed by atoms with Crippen molar-refractivity contribution in [1.29, 1.82) is 0 Å². The number of nitrogens with zero attached hydrogens (tertiary/aromatic N) is 1. The Balaban J connectivity index is 2.06. The van der Waals surface area contributed by atoms with Crippen molar-refractivity contribution >= 4 is 21.8 Å². The Labute approximate surface area is 104 Å². The van der Waals surface area contributed by atoms with E-state index in [4.69, 9.17) is 0 Å². The molecule has 1 saturated carbocycles. The molecule has 86 valence electrons. The van der Waals surface area contributed by atoms with Crippen molar-refractivity contribution in [1.82, 2.24) is 10.3 Å². The van der Waals surface area contributed by atoms with Crippen molar-refractivity contribution in [2.45, 2.75) is 37.1 Å². The van der Waals surface area contributed by atoms with Crippen LogP contribution in [0.2, 0.25) is 0 Å². The minimum Gasteiger partial charge on any atom is -0.348 e. The number of hydrogen-bond acceptors (Lipinski definition) is 2. The van der Waals surface area contributed by atoms with E-state index < -0.39 is 0 Å². The third kappa shape index (κ3) is 2.43. The van der Waals surface area contributed by atoms with Crippen molar-refractivity contribution in [3.05, 3.63) is 29.6 Å². The predicted molar refractivity (Wildman–Crippen MR) is 66.8 cm³/mol. The lowest BCUT2D eigenvalue weighted by atomic mass is 10.1. The number of pyridine rings is 1. The van der Waals surface area contributed by atoms with Gasteiger partial charge in [0.2, 0.25) is 0 Å². The number of halogens is 1. The number of hydrogen-bond donors (Lipinski definition) is 1. The summed E-state index contributed by atoms with van der Waals surface area (Å²) in [5, 5.41) is 3.06. The summed E-state index contributed by atoms with van der Waals surface area (Å²) < 4.78 is 0. The van der Waals surface area contributed by atoms with Crippen molar-refractivity contribution in [3.8, 4) is 0 Å². The molecular formula is C12H15BrN2O. The van der Waals surface area contributed by atoms with E-state index in [9.17, 15) is 4.79 Å². The normalized spacial score (nSPS) is 24.4. The van der Waals surface area contributed by atoms with E-state index in [0.29, 0.717) is 10.4 Å². The topological polar surface area (TPSA) is 42.0 Å². The number of aryl methyl sites for hydroxylation is 1. The second kappa shape index (κ2) is 4.95. The quantitative estimate of drug-likeness (QED) is 0.847. The summed E-state index contributed by atoms with van der Waals surface area (Å²) in [7, 11) is 0. The van der Waals surface area contributed by atoms with Gasteiger partial charge in [0.15, 0.2) is 0 Å². The first-order valence-corrected chi connectivity index (χ1v) is 6.46. The van der Waals surface area contributed by atoms with Crippen LogP contribution in [0.25, 0.3) is 0 Å². The first kappa shape index (κ1) is 11.6. The van der Waals surface area contributed by atoms with Gasteiger partial charge in [-0.3, -0.25) is 9.78 Å². The van der Waals surface area contributed by atoms with Crippen molar-refractivity contribution < 1.29 is 4.79 Å². The van der Waals surface area contributed by atoms with Crippen LogP contribution in [0.1, 0.15) is 35.3 Å². The molecule has 2 unspecified atom stereocenters. The molecule has 0 aromatic carbocycles. The molecule has 1 N–H and O–H groups in total. The van der Waals surface area contributed by atoms with Gasteiger partial charge in [-0.15, -0.1) is 0 Å². The van der Waals surface area contributed by atoms with Gasteiger partial charge in [0.25, 0.3) is 5.91 Å². The molecule has 0 aliphatic heterocycles. The minimum absolute atomic E-state index is 0.0121. The Morgan fingerprint density at radius 3 is 3.00 bits per heavy atom. The van der Waals surface area contributed by atoms with Crippen LogP contribution in [0.3, 0.4) is 0 Å². The van der Waals surface area contributed by atoms with Gasteiger partial charge in [0, 0.05) is 22.8 Å². The van der Waals surface area contributed by atoms with Gasteiger partial charge in [-0.1, -0.05) is 22.4 Å². The first-order chi connectivity index (χ1) is 7.68. The van der Waals surface area contributed by atoms with Crippen LogP contribution < -0.4 is 5.32 Å². The van der Waals surface area contributed by atoms with Gasteiger partial charge >= 0.3 is 0 Å². The lowest BCUT2D eigenvalue weighted by molar-refractivity contribution is 0.0938. The molecule has 1 aromatic rings. The fourth-order valence-corrected chi connectivity index (χ4v) is 2.77. The molecule has 1 amide bonds. The molecule has 16 heavy (non-hydrogen) atoms. The van der Waals surface area contributed by atoms with E-state index in [1.165, 1.54) is 6.42 Å². The summed E-state index contributed by atoms with van der Waals surface area (Å²) in [4.78, 5) is 16.5. The second-order valence-electron chi connectivity index (χ2n) is 4.16. The van der Waals surface area contributed by atoms with Crippen molar-refractivity contribution in [2.24, 2.45) is 0 Å². The maximum Gasteiger partial charge on any atom is 0.253 e. The molecule has 0 bridgehead atoms. The average molecular weight is 283 g/mol. The third-order valence-corrected chi connectivity index (χ3v) is 4.10. The maximum absolute atomic E-state index is 12.0. The molecule has 0 spiro atoms. The summed E-state index contributed by atoms with van der Waals surface area (Å²) >= 11 is 3.59. The number of alkyl halides is 1. The smallest absolute Gasteiger partial charge is 0.253 e. The van der Waals surface area contributed by atoms with Crippen LogP contribution >= 0.6 is 15.9 Å². The maximum atomic E-state index is 12.0. The fourth-order valence-electron chi connectivity index (χ4n) is 2.05. The number of amides is 1. The first-order valence-electron chi connectivity index (χ1n) is 5.55. The van der Waals surface area contributed by atoms with Crippen molar-refractivity contribution in [3.63, 3.8) is 0 Å². The Kier molecular flexibility index (Phi) is 3.59. The molecule has 2 rings (SSSR count). The molecule has 0 saturated heterocycles. The monoisotopic (exact) mass is 282 g/mol. The molecule has 1 aliphatic carbocycles. The van der Waals surface area contributed by atoms with E-state index in [0.717, 1.165) is 18.5 Å². The third-order valence-electron chi connectivity index (χ3n) is 3.00. The standard InChI is InChI=1S/C12H15BrN2O/c1-8-9(4-3-7-14-8)12(16)15-11-6-2-5-10(11)13/h3-4,7,10-11H,2,5-6H2,1H3,(H,15,16). The summed E-state index contributed by atoms with van der Waals surface area (Å²) in [5.41, 5.74) is 1.46. The Morgan fingerprint density at radius 2 is 2.38 bits per heavy atom. The number of rotatable bonds is 2. The number of carbonyl (C=O) groups is 1. The molecule has 1 aromatic heterocycles. The molecule has 2 atom stereocenters. The van der Waals surface area contributed by atoms with Crippen LogP contribution in [-0.4, -0.2) is 21.8 Å². The van der Waals surface area contributed by atoms with Gasteiger partial charge in [-0.05, 0) is 31.9 Å². The van der Waals surface area contributed by atoms with Gasteiger partial charge in [-0.25, -0.2) is 0 Å². The Morgan fingerprint density at radius 1 is 1.56 bits per heavy atom. The SMILES string of the molecule is Cc1ncccc1C(=O)NC1CCCC1Br. The molecule has 4 heteroatoms. The van der Waals surface area contributed by atoms with Gasteiger partial charge in [-0.2, -0.15) is 0 Å². The number of nitrogens with one attached hydrogen (secondary N) is 1. The predicted octanol–water partition coefficient (Wildman–Crippen LogP) is 2.44. The largest absolute Gasteiger partial charge is 0.348 e. The minimum atomic E-state index is -0.0121. The lowest BCUT2D eigenvalue weighted by Gasteiger charge is -2.16. The summed E-state index contributed by atoms with van der Waals surface area (Å²) in [6, 6.07) is 3.87. The highest BCUT2D eigenvalue weighted by Gasteiger charge is 2.26. The summed E-state index contributed by atoms with van der Waals surface area (Å²) in [6.07, 6.45) is 5.07. The zero-order chi connectivity index (χ0) is 11.5. The van der Waals surface area contributed by atoms with Crippen molar-refractivity contribution in [2.75, 3.05) is 0 Å². The van der Waals surface area contributed by atoms with Crippen LogP contribution in [0.15, 0.2) is 18.3 Å². The lowest BCUT2D eigenvalue weighted by Crippen LogP contribution is -2.38. The fraction of sp³-hybridized carbons (Fsp3) is 0.500. The number of aromatic nitrogens is 1. The average Bonchev–Trinajstić information content (AvgIpc) is 2.65. The Bertz CT molecular complexity index is 394. The zero-order valence-corrected chi connectivity index (χ0v) is 10.8. The molecule has 1 fully saturated rings. The summed E-state index contributed by atoms with van der Waals surface area (Å²) in [6.45, 7) is 1.86. The summed E-state index contributed by atoms with van der Waals surface area (Å²) in [5.74, 6) is -0.0121. The van der Waals surface area contributed by atoms with E-state index in [1.54, 1.807) is 12.3 Å². The van der Waals surface area contributed by atoms with E-state index in [-0.39, 0.29) is 11.9 Å². The van der Waals surface area contributed by atoms with E-state index >= 15 is 0 Å². The molecule has 1 aliphatic rings. The highest BCUT2D eigenvalue weighted by atomic mass is 79.9.